The first-order chi connectivity index (χ1) is 6.27. The molecule has 0 aliphatic carbocycles. The van der Waals surface area contributed by atoms with Crippen LogP contribution in [0.4, 0.5) is 13.2 Å². The van der Waals surface area contributed by atoms with Crippen molar-refractivity contribution in [3.63, 3.8) is 0 Å². The van der Waals surface area contributed by atoms with Crippen molar-refractivity contribution in [2.45, 2.75) is 12.0 Å². The number of aromatic nitrogens is 1. The van der Waals surface area contributed by atoms with Gasteiger partial charge in [0.25, 0.3) is 5.79 Å². The molecule has 1 rings (SSSR count). The summed E-state index contributed by atoms with van der Waals surface area (Å²) in [4.78, 5) is 3.50. The molecule has 0 bridgehead atoms. The molecule has 0 unspecified atom stereocenters. The van der Waals surface area contributed by atoms with E-state index in [1.54, 1.807) is 0 Å². The Morgan fingerprint density at radius 2 is 1.86 bits per heavy atom. The second kappa shape index (κ2) is 3.48. The summed E-state index contributed by atoms with van der Waals surface area (Å²) in [7, 11) is 0. The average Bonchev–Trinajstić information content (AvgIpc) is 2.02. The molecule has 0 fully saturated rings. The minimum absolute atomic E-state index is 0.123. The molecule has 3 nitrogen and oxygen atoms in total. The first kappa shape index (κ1) is 11.4. The number of pyridine rings is 1. The van der Waals surface area contributed by atoms with Gasteiger partial charge in [0.2, 0.25) is 0 Å². The largest absolute Gasteiger partial charge is 0.447 e. The fraction of sp³-hybridized carbons (Fsp3) is 0.286. The Balaban J connectivity index is 3.23. The van der Waals surface area contributed by atoms with Crippen molar-refractivity contribution in [3.05, 3.63) is 28.5 Å². The second-order valence-electron chi connectivity index (χ2n) is 2.53. The molecule has 0 atom stereocenters. The van der Waals surface area contributed by atoms with E-state index in [1.165, 1.54) is 0 Å². The fourth-order valence-corrected chi connectivity index (χ4v) is 1.34. The summed E-state index contributed by atoms with van der Waals surface area (Å²) in [6.07, 6.45) is -3.08. The van der Waals surface area contributed by atoms with Gasteiger partial charge in [-0.15, -0.1) is 0 Å². The Labute approximate surface area is 85.3 Å². The maximum absolute atomic E-state index is 12.2. The van der Waals surface area contributed by atoms with Crippen molar-refractivity contribution in [2.24, 2.45) is 0 Å². The molecule has 0 aliphatic heterocycles. The highest BCUT2D eigenvalue weighted by molar-refractivity contribution is 9.10. The van der Waals surface area contributed by atoms with Crippen molar-refractivity contribution in [1.82, 2.24) is 4.98 Å². The van der Waals surface area contributed by atoms with Crippen LogP contribution in [0.5, 0.6) is 0 Å². The lowest BCUT2D eigenvalue weighted by molar-refractivity contribution is -0.358. The van der Waals surface area contributed by atoms with Gasteiger partial charge in [-0.3, -0.25) is 4.98 Å². The third-order valence-corrected chi connectivity index (χ3v) is 2.18. The van der Waals surface area contributed by atoms with E-state index >= 15 is 0 Å². The number of rotatable bonds is 1. The standard InChI is InChI=1S/C7H5BrF3NO2/c8-5-3-12-2-1-4(5)6(13,14)7(9,10)11/h1-3,13-14H. The predicted octanol–water partition coefficient (Wildman–Crippen LogP) is 1.54. The molecule has 1 heterocycles. The second-order valence-corrected chi connectivity index (χ2v) is 3.38. The Bertz CT molecular complexity index is 340. The molecular formula is C7H5BrF3NO2. The molecule has 78 valence electrons. The van der Waals surface area contributed by atoms with E-state index in [0.717, 1.165) is 18.5 Å². The summed E-state index contributed by atoms with van der Waals surface area (Å²) >= 11 is 2.74. The Morgan fingerprint density at radius 3 is 2.29 bits per heavy atom. The molecular weight excluding hydrogens is 267 g/mol. The van der Waals surface area contributed by atoms with Crippen LogP contribution in [0.15, 0.2) is 22.9 Å². The van der Waals surface area contributed by atoms with Crippen LogP contribution in [0.2, 0.25) is 0 Å². The van der Waals surface area contributed by atoms with Crippen LogP contribution in [0, 0.1) is 0 Å². The van der Waals surface area contributed by atoms with E-state index in [1.807, 2.05) is 0 Å². The van der Waals surface area contributed by atoms with Crippen LogP contribution < -0.4 is 0 Å². The topological polar surface area (TPSA) is 53.4 Å². The summed E-state index contributed by atoms with van der Waals surface area (Å²) in [5, 5.41) is 17.8. The third kappa shape index (κ3) is 1.89. The third-order valence-electron chi connectivity index (χ3n) is 1.54. The number of alkyl halides is 3. The van der Waals surface area contributed by atoms with Gasteiger partial charge in [0.1, 0.15) is 0 Å². The van der Waals surface area contributed by atoms with Gasteiger partial charge < -0.3 is 10.2 Å². The Hall–Kier alpha value is -0.660. The van der Waals surface area contributed by atoms with Crippen molar-refractivity contribution in [2.75, 3.05) is 0 Å². The number of hydrogen-bond acceptors (Lipinski definition) is 3. The van der Waals surface area contributed by atoms with Crippen LogP contribution in [-0.4, -0.2) is 21.4 Å². The van der Waals surface area contributed by atoms with E-state index in [0.29, 0.717) is 0 Å². The summed E-state index contributed by atoms with van der Waals surface area (Å²) in [5.74, 6) is -3.87. The van der Waals surface area contributed by atoms with Gasteiger partial charge in [0, 0.05) is 22.4 Å². The van der Waals surface area contributed by atoms with Crippen LogP contribution >= 0.6 is 15.9 Å². The summed E-state index contributed by atoms with van der Waals surface area (Å²) in [6.45, 7) is 0. The van der Waals surface area contributed by atoms with E-state index in [-0.39, 0.29) is 4.47 Å². The summed E-state index contributed by atoms with van der Waals surface area (Å²) < 4.78 is 36.4. The van der Waals surface area contributed by atoms with Gasteiger partial charge in [-0.1, -0.05) is 0 Å². The van der Waals surface area contributed by atoms with Gasteiger partial charge in [0.15, 0.2) is 0 Å². The number of halogens is 4. The molecule has 0 radical (unpaired) electrons. The molecule has 0 aromatic carbocycles. The molecule has 0 saturated heterocycles. The number of hydrogen-bond donors (Lipinski definition) is 2. The predicted molar refractivity (Wildman–Crippen MR) is 44.1 cm³/mol. The molecule has 14 heavy (non-hydrogen) atoms. The van der Waals surface area contributed by atoms with Gasteiger partial charge in [-0.2, -0.15) is 13.2 Å². The van der Waals surface area contributed by atoms with Gasteiger partial charge in [-0.25, -0.2) is 0 Å². The molecule has 0 aliphatic rings. The lowest BCUT2D eigenvalue weighted by Crippen LogP contribution is -2.42. The van der Waals surface area contributed by atoms with Crippen LogP contribution in [-0.2, 0) is 5.79 Å². The van der Waals surface area contributed by atoms with Crippen molar-refractivity contribution >= 4 is 15.9 Å². The molecule has 1 aromatic rings. The van der Waals surface area contributed by atoms with Crippen molar-refractivity contribution in [1.29, 1.82) is 0 Å². The highest BCUT2D eigenvalue weighted by Crippen LogP contribution is 2.38. The molecule has 2 N–H and O–H groups in total. The maximum Gasteiger partial charge on any atom is 0.447 e. The van der Waals surface area contributed by atoms with E-state index < -0.39 is 17.5 Å². The highest BCUT2D eigenvalue weighted by Gasteiger charge is 2.55. The maximum atomic E-state index is 12.2. The van der Waals surface area contributed by atoms with Crippen LogP contribution in [0.25, 0.3) is 0 Å². The van der Waals surface area contributed by atoms with E-state index in [9.17, 15) is 13.2 Å². The SMILES string of the molecule is OC(O)(c1ccncc1Br)C(F)(F)F. The lowest BCUT2D eigenvalue weighted by atomic mass is 10.1. The van der Waals surface area contributed by atoms with Gasteiger partial charge >= 0.3 is 6.18 Å². The zero-order chi connectivity index (χ0) is 11.0. The average molecular weight is 272 g/mol. The zero-order valence-electron chi connectivity index (χ0n) is 6.59. The zero-order valence-corrected chi connectivity index (χ0v) is 8.17. The molecule has 1 aromatic heterocycles. The molecule has 0 spiro atoms. The first-order valence-electron chi connectivity index (χ1n) is 3.38. The Kier molecular flexibility index (Phi) is 2.84. The smallest absolute Gasteiger partial charge is 0.355 e. The summed E-state index contributed by atoms with van der Waals surface area (Å²) in [5.41, 5.74) is -0.694. The normalized spacial score (nSPS) is 13.0. The first-order valence-corrected chi connectivity index (χ1v) is 4.17. The number of aliphatic hydroxyl groups is 2. The van der Waals surface area contributed by atoms with E-state index in [2.05, 4.69) is 20.9 Å². The highest BCUT2D eigenvalue weighted by atomic mass is 79.9. The molecule has 7 heteroatoms. The van der Waals surface area contributed by atoms with Gasteiger partial charge in [0.05, 0.1) is 0 Å². The van der Waals surface area contributed by atoms with Gasteiger partial charge in [-0.05, 0) is 22.0 Å². The summed E-state index contributed by atoms with van der Waals surface area (Å²) in [6, 6.07) is 0.873. The van der Waals surface area contributed by atoms with Crippen LogP contribution in [0.3, 0.4) is 0 Å². The lowest BCUT2D eigenvalue weighted by Gasteiger charge is -2.25. The molecule has 0 amide bonds. The minimum Gasteiger partial charge on any atom is -0.355 e. The van der Waals surface area contributed by atoms with E-state index in [4.69, 9.17) is 10.2 Å². The molecule has 0 saturated carbocycles. The minimum atomic E-state index is -5.16. The van der Waals surface area contributed by atoms with Crippen molar-refractivity contribution < 1.29 is 23.4 Å². The quantitative estimate of drug-likeness (QED) is 0.762. The number of nitrogens with zero attached hydrogens (tertiary/aromatic N) is 1. The van der Waals surface area contributed by atoms with Crippen LogP contribution in [0.1, 0.15) is 5.56 Å². The fourth-order valence-electron chi connectivity index (χ4n) is 0.811. The monoisotopic (exact) mass is 271 g/mol. The Morgan fingerprint density at radius 1 is 1.29 bits per heavy atom. The van der Waals surface area contributed by atoms with Crippen molar-refractivity contribution in [3.8, 4) is 0 Å².